The Morgan fingerprint density at radius 1 is 1.57 bits per heavy atom. The number of anilines is 1. The van der Waals surface area contributed by atoms with Crippen molar-refractivity contribution in [2.24, 2.45) is 0 Å². The molecule has 0 saturated carbocycles. The molecule has 3 N–H and O–H groups in total. The lowest BCUT2D eigenvalue weighted by molar-refractivity contribution is -0.132. The molecule has 21 heavy (non-hydrogen) atoms. The summed E-state index contributed by atoms with van der Waals surface area (Å²) in [5.41, 5.74) is 2.21. The Morgan fingerprint density at radius 2 is 2.38 bits per heavy atom. The first-order valence-corrected chi connectivity index (χ1v) is 6.98. The average Bonchev–Trinajstić information content (AvgIpc) is 2.50. The van der Waals surface area contributed by atoms with Crippen molar-refractivity contribution in [3.8, 4) is 0 Å². The predicted molar refractivity (Wildman–Crippen MR) is 81.9 cm³/mol. The largest absolute Gasteiger partial charge is 0.478 e. The zero-order valence-electron chi connectivity index (χ0n) is 12.1. The predicted octanol–water partition coefficient (Wildman–Crippen LogP) is 1.53. The number of rotatable bonds is 6. The first-order chi connectivity index (χ1) is 10.1. The summed E-state index contributed by atoms with van der Waals surface area (Å²) >= 11 is 0. The molecular weight excluding hydrogens is 268 g/mol. The number of carboxylic acid groups (broad SMARTS) is 1. The van der Waals surface area contributed by atoms with Gasteiger partial charge in [0.25, 0.3) is 0 Å². The van der Waals surface area contributed by atoms with Gasteiger partial charge in [-0.2, -0.15) is 0 Å². The molecule has 0 fully saturated rings. The number of pyridine rings is 1. The Hall–Kier alpha value is -2.37. The van der Waals surface area contributed by atoms with Crippen molar-refractivity contribution in [1.29, 1.82) is 5.41 Å². The number of aliphatic carboxylic acids is 1. The zero-order valence-corrected chi connectivity index (χ0v) is 12.1. The molecule has 0 radical (unpaired) electrons. The number of hydrogen-bond donors (Lipinski definition) is 3. The minimum atomic E-state index is -1.09. The number of nitrogens with zero attached hydrogens (tertiary/aromatic N) is 2. The Bertz CT molecular complexity index is 569. The van der Waals surface area contributed by atoms with Crippen LogP contribution in [0.25, 0.3) is 0 Å². The molecule has 2 rings (SSSR count). The fourth-order valence-corrected chi connectivity index (χ4v) is 2.26. The molecule has 6 nitrogen and oxygen atoms in total. The maximum absolute atomic E-state index is 10.8. The molecule has 2 heterocycles. The van der Waals surface area contributed by atoms with Crippen LogP contribution in [-0.2, 0) is 17.6 Å². The zero-order chi connectivity index (χ0) is 15.2. The number of carboxylic acids is 1. The van der Waals surface area contributed by atoms with Crippen LogP contribution in [0.1, 0.15) is 17.7 Å². The number of fused-ring (bicyclic) bond motifs is 1. The molecule has 112 valence electrons. The van der Waals surface area contributed by atoms with Gasteiger partial charge in [-0.15, -0.1) is 0 Å². The van der Waals surface area contributed by atoms with Gasteiger partial charge in [-0.05, 0) is 24.5 Å². The standard InChI is InChI=1S/C15H20N4O2/c1-19(10-12(9-16)15(20)21)8-6-13-5-4-11-3-2-7-17-14(11)18-13/h4-5,9-10,16H,2-3,6-8H2,1H3,(H,17,18)(H,20,21)/b12-10+,16-9?. The summed E-state index contributed by atoms with van der Waals surface area (Å²) in [6, 6.07) is 4.14. The molecular formula is C15H20N4O2. The van der Waals surface area contributed by atoms with Gasteiger partial charge >= 0.3 is 5.97 Å². The molecule has 0 aromatic carbocycles. The van der Waals surface area contributed by atoms with Gasteiger partial charge in [0.1, 0.15) is 5.82 Å². The summed E-state index contributed by atoms with van der Waals surface area (Å²) in [4.78, 5) is 17.2. The van der Waals surface area contributed by atoms with Gasteiger partial charge < -0.3 is 20.7 Å². The van der Waals surface area contributed by atoms with E-state index in [0.29, 0.717) is 6.54 Å². The van der Waals surface area contributed by atoms with Crippen LogP contribution in [0, 0.1) is 5.41 Å². The molecule has 1 aromatic rings. The highest BCUT2D eigenvalue weighted by Gasteiger charge is 2.10. The molecule has 1 aliphatic heterocycles. The normalized spacial score (nSPS) is 14.0. The van der Waals surface area contributed by atoms with E-state index in [-0.39, 0.29) is 5.57 Å². The van der Waals surface area contributed by atoms with Crippen molar-refractivity contribution < 1.29 is 9.90 Å². The summed E-state index contributed by atoms with van der Waals surface area (Å²) in [6.45, 7) is 1.61. The molecule has 0 saturated heterocycles. The second-order valence-electron chi connectivity index (χ2n) is 5.11. The summed E-state index contributed by atoms with van der Waals surface area (Å²) in [5, 5.41) is 19.2. The molecule has 1 aromatic heterocycles. The van der Waals surface area contributed by atoms with Crippen LogP contribution in [0.2, 0.25) is 0 Å². The third-order valence-electron chi connectivity index (χ3n) is 3.43. The maximum Gasteiger partial charge on any atom is 0.338 e. The van der Waals surface area contributed by atoms with Crippen LogP contribution in [0.4, 0.5) is 5.82 Å². The Balaban J connectivity index is 1.96. The van der Waals surface area contributed by atoms with Crippen molar-refractivity contribution in [3.05, 3.63) is 35.2 Å². The lowest BCUT2D eigenvalue weighted by Crippen LogP contribution is -2.19. The van der Waals surface area contributed by atoms with Crippen molar-refractivity contribution in [1.82, 2.24) is 9.88 Å². The first-order valence-electron chi connectivity index (χ1n) is 6.98. The minimum absolute atomic E-state index is 0.0300. The summed E-state index contributed by atoms with van der Waals surface area (Å²) in [6.07, 6.45) is 5.25. The average molecular weight is 288 g/mol. The van der Waals surface area contributed by atoms with E-state index in [1.165, 1.54) is 11.8 Å². The van der Waals surface area contributed by atoms with Gasteiger partial charge in [0.2, 0.25) is 0 Å². The van der Waals surface area contributed by atoms with Gasteiger partial charge in [0, 0.05) is 44.7 Å². The van der Waals surface area contributed by atoms with Crippen LogP contribution >= 0.6 is 0 Å². The number of nitrogens with one attached hydrogen (secondary N) is 2. The monoisotopic (exact) mass is 288 g/mol. The highest BCUT2D eigenvalue weighted by molar-refractivity contribution is 6.07. The van der Waals surface area contributed by atoms with Crippen LogP contribution < -0.4 is 5.32 Å². The second-order valence-corrected chi connectivity index (χ2v) is 5.11. The van der Waals surface area contributed by atoms with E-state index in [1.54, 1.807) is 11.9 Å². The topological polar surface area (TPSA) is 89.3 Å². The van der Waals surface area contributed by atoms with E-state index >= 15 is 0 Å². The van der Waals surface area contributed by atoms with Crippen LogP contribution in [0.5, 0.6) is 0 Å². The second kappa shape index (κ2) is 6.88. The highest BCUT2D eigenvalue weighted by Crippen LogP contribution is 2.19. The molecule has 0 spiro atoms. The Kier molecular flexibility index (Phi) is 4.92. The number of likely N-dealkylation sites (N-methyl/N-ethyl adjacent to an activating group) is 1. The molecule has 1 aliphatic rings. The van der Waals surface area contributed by atoms with E-state index in [9.17, 15) is 4.79 Å². The number of carbonyl (C=O) groups is 1. The van der Waals surface area contributed by atoms with Crippen LogP contribution in [0.3, 0.4) is 0 Å². The molecule has 0 bridgehead atoms. The molecule has 0 aliphatic carbocycles. The van der Waals surface area contributed by atoms with Gasteiger partial charge in [-0.3, -0.25) is 0 Å². The van der Waals surface area contributed by atoms with Crippen LogP contribution in [0.15, 0.2) is 23.9 Å². The maximum atomic E-state index is 10.8. The smallest absolute Gasteiger partial charge is 0.338 e. The quantitative estimate of drug-likeness (QED) is 0.545. The fourth-order valence-electron chi connectivity index (χ4n) is 2.26. The third kappa shape index (κ3) is 4.05. The molecule has 6 heteroatoms. The summed E-state index contributed by atoms with van der Waals surface area (Å²) < 4.78 is 0. The SMILES string of the molecule is CN(/C=C(\C=N)C(=O)O)CCc1ccc2c(n1)NCCC2. The number of aryl methyl sites for hydroxylation is 1. The van der Waals surface area contributed by atoms with Gasteiger partial charge in [-0.1, -0.05) is 6.07 Å². The van der Waals surface area contributed by atoms with Crippen LogP contribution in [-0.4, -0.2) is 47.3 Å². The Morgan fingerprint density at radius 3 is 3.10 bits per heavy atom. The number of aromatic nitrogens is 1. The van der Waals surface area contributed by atoms with Gasteiger partial charge in [0.05, 0.1) is 5.57 Å². The van der Waals surface area contributed by atoms with E-state index in [4.69, 9.17) is 10.5 Å². The highest BCUT2D eigenvalue weighted by atomic mass is 16.4. The fraction of sp³-hybridized carbons (Fsp3) is 0.400. The first kappa shape index (κ1) is 15.0. The lowest BCUT2D eigenvalue weighted by Gasteiger charge is -2.18. The molecule has 0 unspecified atom stereocenters. The summed E-state index contributed by atoms with van der Waals surface area (Å²) in [5.74, 6) is -0.115. The van der Waals surface area contributed by atoms with E-state index in [2.05, 4.69) is 16.4 Å². The number of hydrogen-bond acceptors (Lipinski definition) is 5. The lowest BCUT2D eigenvalue weighted by atomic mass is 10.1. The van der Waals surface area contributed by atoms with E-state index in [1.807, 2.05) is 6.07 Å². The van der Waals surface area contributed by atoms with Gasteiger partial charge in [-0.25, -0.2) is 9.78 Å². The minimum Gasteiger partial charge on any atom is -0.478 e. The summed E-state index contributed by atoms with van der Waals surface area (Å²) in [7, 11) is 1.79. The third-order valence-corrected chi connectivity index (χ3v) is 3.43. The molecule has 0 atom stereocenters. The molecule has 0 amide bonds. The van der Waals surface area contributed by atoms with E-state index in [0.717, 1.165) is 43.5 Å². The van der Waals surface area contributed by atoms with Crippen molar-refractivity contribution >= 4 is 18.0 Å². The van der Waals surface area contributed by atoms with Crippen molar-refractivity contribution in [2.75, 3.05) is 25.5 Å². The Labute approximate surface area is 124 Å². The van der Waals surface area contributed by atoms with Crippen molar-refractivity contribution in [2.45, 2.75) is 19.3 Å². The van der Waals surface area contributed by atoms with Gasteiger partial charge in [0.15, 0.2) is 0 Å². The van der Waals surface area contributed by atoms with Crippen molar-refractivity contribution in [3.63, 3.8) is 0 Å². The van der Waals surface area contributed by atoms with E-state index < -0.39 is 5.97 Å².